The van der Waals surface area contributed by atoms with Gasteiger partial charge in [0.1, 0.15) is 0 Å². The molecular weight excluding hydrogens is 180 g/mol. The maximum Gasteiger partial charge on any atom is 0.0900 e. The predicted molar refractivity (Wildman–Crippen MR) is 47.1 cm³/mol. The fraction of sp³-hybridized carbons (Fsp3) is 0.500. The second-order valence-corrected chi connectivity index (χ2v) is 4.35. The molecule has 0 aliphatic heterocycles. The molecule has 0 aromatic carbocycles. The molecule has 0 radical (unpaired) electrons. The lowest BCUT2D eigenvalue weighted by atomic mass is 10.5. The van der Waals surface area contributed by atoms with Gasteiger partial charge in [-0.2, -0.15) is 9.19 Å². The first-order valence-electron chi connectivity index (χ1n) is 3.31. The van der Waals surface area contributed by atoms with Crippen LogP contribution in [0.5, 0.6) is 0 Å². The van der Waals surface area contributed by atoms with E-state index in [4.69, 9.17) is 4.74 Å². The van der Waals surface area contributed by atoms with Crippen LogP contribution in [0.4, 0.5) is 0 Å². The molecule has 70 valence electrons. The van der Waals surface area contributed by atoms with Crippen LogP contribution in [0.2, 0.25) is 0 Å². The van der Waals surface area contributed by atoms with Gasteiger partial charge < -0.3 is 4.74 Å². The van der Waals surface area contributed by atoms with Crippen molar-refractivity contribution in [2.75, 3.05) is 13.4 Å². The van der Waals surface area contributed by atoms with E-state index in [1.165, 1.54) is 16.5 Å². The second-order valence-electron chi connectivity index (χ2n) is 2.42. The summed E-state index contributed by atoms with van der Waals surface area (Å²) in [4.78, 5) is 0. The third kappa shape index (κ3) is 1.98. The van der Waals surface area contributed by atoms with Crippen molar-refractivity contribution in [3.05, 3.63) is 18.0 Å². The van der Waals surface area contributed by atoms with Crippen LogP contribution < -0.4 is 0 Å². The second kappa shape index (κ2) is 3.44. The summed E-state index contributed by atoms with van der Waals surface area (Å²) >= 11 is 0. The molecule has 5 nitrogen and oxygen atoms in total. The fourth-order valence-corrected chi connectivity index (χ4v) is 1.67. The van der Waals surface area contributed by atoms with E-state index in [1.54, 1.807) is 13.2 Å². The SMILES string of the molecule is COCc1ccnn1S(C)(O)O. The molecule has 0 fully saturated rings. The zero-order valence-electron chi connectivity index (χ0n) is 6.97. The first kappa shape index (κ1) is 9.53. The number of ether oxygens (including phenoxy) is 1. The quantitative estimate of drug-likeness (QED) is 0.754. The van der Waals surface area contributed by atoms with E-state index in [1.807, 2.05) is 0 Å². The molecule has 12 heavy (non-hydrogen) atoms. The molecule has 0 atom stereocenters. The highest BCUT2D eigenvalue weighted by molar-refractivity contribution is 8.22. The predicted octanol–water partition coefficient (Wildman–Crippen LogP) is 1.17. The van der Waals surface area contributed by atoms with Crippen molar-refractivity contribution < 1.29 is 13.8 Å². The fourth-order valence-electron chi connectivity index (χ4n) is 0.880. The summed E-state index contributed by atoms with van der Waals surface area (Å²) in [5.41, 5.74) is 0.653. The Morgan fingerprint density at radius 1 is 1.67 bits per heavy atom. The normalized spacial score (nSPS) is 13.3. The first-order chi connectivity index (χ1) is 5.55. The zero-order valence-corrected chi connectivity index (χ0v) is 7.78. The summed E-state index contributed by atoms with van der Waals surface area (Å²) in [7, 11) is -1.25. The van der Waals surface area contributed by atoms with Crippen molar-refractivity contribution in [3.8, 4) is 0 Å². The van der Waals surface area contributed by atoms with Crippen molar-refractivity contribution in [2.45, 2.75) is 6.61 Å². The smallest absolute Gasteiger partial charge is 0.0900 e. The molecule has 0 spiro atoms. The molecule has 0 bridgehead atoms. The molecule has 0 amide bonds. The Labute approximate surface area is 72.4 Å². The minimum Gasteiger partial charge on any atom is -0.378 e. The molecule has 1 aromatic rings. The van der Waals surface area contributed by atoms with Crippen LogP contribution in [0.25, 0.3) is 0 Å². The van der Waals surface area contributed by atoms with Gasteiger partial charge in [0.2, 0.25) is 0 Å². The monoisotopic (exact) mass is 192 g/mol. The minimum absolute atomic E-state index is 0.323. The Hall–Kier alpha value is -0.560. The van der Waals surface area contributed by atoms with Crippen LogP contribution in [0.3, 0.4) is 0 Å². The van der Waals surface area contributed by atoms with E-state index in [0.29, 0.717) is 12.3 Å². The van der Waals surface area contributed by atoms with Crippen molar-refractivity contribution in [1.29, 1.82) is 0 Å². The maximum atomic E-state index is 9.27. The lowest BCUT2D eigenvalue weighted by Gasteiger charge is -2.28. The number of nitrogens with zero attached hydrogens (tertiary/aromatic N) is 2. The molecule has 0 aliphatic carbocycles. The van der Waals surface area contributed by atoms with Crippen LogP contribution in [0, 0.1) is 0 Å². The minimum atomic E-state index is -2.79. The van der Waals surface area contributed by atoms with Gasteiger partial charge in [-0.25, -0.2) is 0 Å². The third-order valence-corrected chi connectivity index (χ3v) is 2.29. The van der Waals surface area contributed by atoms with E-state index >= 15 is 0 Å². The van der Waals surface area contributed by atoms with Crippen LogP contribution in [-0.4, -0.2) is 31.7 Å². The van der Waals surface area contributed by atoms with Gasteiger partial charge in [-0.1, -0.05) is 0 Å². The van der Waals surface area contributed by atoms with Crippen LogP contribution >= 0.6 is 10.8 Å². The lowest BCUT2D eigenvalue weighted by Crippen LogP contribution is -2.12. The van der Waals surface area contributed by atoms with Crippen molar-refractivity contribution in [1.82, 2.24) is 9.19 Å². The molecule has 1 aromatic heterocycles. The van der Waals surface area contributed by atoms with Gasteiger partial charge in [0.25, 0.3) is 0 Å². The largest absolute Gasteiger partial charge is 0.378 e. The van der Waals surface area contributed by atoms with Gasteiger partial charge in [-0.05, 0) is 6.07 Å². The highest BCUT2D eigenvalue weighted by atomic mass is 32.3. The Balaban J connectivity index is 2.91. The lowest BCUT2D eigenvalue weighted by molar-refractivity contribution is 0.179. The van der Waals surface area contributed by atoms with Crippen LogP contribution in [0.1, 0.15) is 5.69 Å². The van der Waals surface area contributed by atoms with Crippen molar-refractivity contribution >= 4 is 10.8 Å². The van der Waals surface area contributed by atoms with E-state index in [9.17, 15) is 9.11 Å². The molecule has 0 aliphatic rings. The van der Waals surface area contributed by atoms with Gasteiger partial charge in [0.05, 0.1) is 18.5 Å². The van der Waals surface area contributed by atoms with E-state index in [-0.39, 0.29) is 0 Å². The first-order valence-corrected chi connectivity index (χ1v) is 5.22. The molecule has 0 unspecified atom stereocenters. The Bertz CT molecular complexity index is 256. The summed E-state index contributed by atoms with van der Waals surface area (Å²) in [6.07, 6.45) is 2.82. The number of hydrogen-bond donors (Lipinski definition) is 2. The van der Waals surface area contributed by atoms with Gasteiger partial charge >= 0.3 is 0 Å². The third-order valence-electron chi connectivity index (χ3n) is 1.30. The summed E-state index contributed by atoms with van der Waals surface area (Å²) in [5.74, 6) is 0. The van der Waals surface area contributed by atoms with Crippen LogP contribution in [-0.2, 0) is 11.3 Å². The molecule has 1 rings (SSSR count). The number of hydrogen-bond acceptors (Lipinski definition) is 4. The number of aromatic nitrogens is 2. The standard InChI is InChI=1S/C6H12N2O3S/c1-11-5-6-3-4-7-8(6)12(2,9)10/h3-4,9-10H,5H2,1-2H3. The van der Waals surface area contributed by atoms with E-state index in [2.05, 4.69) is 5.10 Å². The number of methoxy groups -OCH3 is 1. The molecule has 2 N–H and O–H groups in total. The summed E-state index contributed by atoms with van der Waals surface area (Å²) in [6.45, 7) is 0.323. The molecule has 0 saturated heterocycles. The topological polar surface area (TPSA) is 67.5 Å². The Kier molecular flexibility index (Phi) is 2.73. The highest BCUT2D eigenvalue weighted by Crippen LogP contribution is 2.35. The summed E-state index contributed by atoms with van der Waals surface area (Å²) in [6, 6.07) is 1.68. The average molecular weight is 192 g/mol. The molecule has 0 saturated carbocycles. The van der Waals surface area contributed by atoms with E-state index in [0.717, 1.165) is 0 Å². The Morgan fingerprint density at radius 2 is 2.33 bits per heavy atom. The summed E-state index contributed by atoms with van der Waals surface area (Å²) < 4.78 is 24.6. The van der Waals surface area contributed by atoms with Gasteiger partial charge in [0, 0.05) is 13.4 Å². The average Bonchev–Trinajstić information content (AvgIpc) is 2.34. The van der Waals surface area contributed by atoms with Crippen molar-refractivity contribution in [2.24, 2.45) is 0 Å². The van der Waals surface area contributed by atoms with Crippen LogP contribution in [0.15, 0.2) is 12.3 Å². The van der Waals surface area contributed by atoms with Crippen molar-refractivity contribution in [3.63, 3.8) is 0 Å². The molecule has 1 heterocycles. The maximum absolute atomic E-state index is 9.27. The zero-order chi connectivity index (χ0) is 9.19. The summed E-state index contributed by atoms with van der Waals surface area (Å²) in [5, 5.41) is 3.78. The highest BCUT2D eigenvalue weighted by Gasteiger charge is 2.11. The van der Waals surface area contributed by atoms with E-state index < -0.39 is 10.8 Å². The van der Waals surface area contributed by atoms with Gasteiger partial charge in [-0.15, -0.1) is 10.8 Å². The van der Waals surface area contributed by atoms with Gasteiger partial charge in [-0.3, -0.25) is 9.11 Å². The number of rotatable bonds is 3. The molecular formula is C6H12N2O3S. The van der Waals surface area contributed by atoms with Gasteiger partial charge in [0.15, 0.2) is 0 Å². The Morgan fingerprint density at radius 3 is 2.83 bits per heavy atom. The molecule has 6 heteroatoms.